The lowest BCUT2D eigenvalue weighted by Crippen LogP contribution is -2.21. The maximum atomic E-state index is 12.6. The Balaban J connectivity index is 2.01. The molecule has 0 heterocycles. The number of hydrogen-bond acceptors (Lipinski definition) is 3. The molecule has 0 aromatic heterocycles. The largest absolute Gasteiger partial charge is 0.484 e. The number of carbonyl (C=O) groups excluding carboxylic acids is 1. The van der Waals surface area contributed by atoms with Gasteiger partial charge in [-0.15, -0.1) is 0 Å². The molecule has 24 heavy (non-hydrogen) atoms. The van der Waals surface area contributed by atoms with E-state index in [2.05, 4.69) is 5.32 Å². The second-order valence-electron chi connectivity index (χ2n) is 4.71. The van der Waals surface area contributed by atoms with E-state index >= 15 is 0 Å². The van der Waals surface area contributed by atoms with Gasteiger partial charge in [0.2, 0.25) is 0 Å². The number of carboxylic acids is 1. The van der Waals surface area contributed by atoms with Gasteiger partial charge in [-0.3, -0.25) is 4.79 Å². The van der Waals surface area contributed by atoms with Gasteiger partial charge in [-0.1, -0.05) is 18.2 Å². The lowest BCUT2D eigenvalue weighted by Gasteiger charge is -2.11. The van der Waals surface area contributed by atoms with Gasteiger partial charge < -0.3 is 15.2 Å². The number of carboxylic acid groups (broad SMARTS) is 1. The molecule has 0 aliphatic carbocycles. The molecule has 0 atom stereocenters. The number of aromatic carboxylic acids is 1. The van der Waals surface area contributed by atoms with Crippen LogP contribution in [0.25, 0.3) is 0 Å². The third-order valence-corrected chi connectivity index (χ3v) is 2.96. The van der Waals surface area contributed by atoms with Crippen molar-refractivity contribution in [3.8, 4) is 5.75 Å². The van der Waals surface area contributed by atoms with Gasteiger partial charge in [-0.2, -0.15) is 13.2 Å². The van der Waals surface area contributed by atoms with E-state index in [9.17, 15) is 22.8 Å². The first-order valence-electron chi connectivity index (χ1n) is 6.69. The van der Waals surface area contributed by atoms with Crippen molar-refractivity contribution in [3.05, 3.63) is 59.7 Å². The van der Waals surface area contributed by atoms with Gasteiger partial charge in [0.25, 0.3) is 5.91 Å². The summed E-state index contributed by atoms with van der Waals surface area (Å²) in [7, 11) is 0. The van der Waals surface area contributed by atoms with Crippen molar-refractivity contribution in [1.29, 1.82) is 0 Å². The van der Waals surface area contributed by atoms with Gasteiger partial charge in [0.1, 0.15) is 5.75 Å². The fourth-order valence-electron chi connectivity index (χ4n) is 1.88. The summed E-state index contributed by atoms with van der Waals surface area (Å²) in [5.74, 6) is -2.03. The average Bonchev–Trinajstić information content (AvgIpc) is 2.53. The number of anilines is 1. The van der Waals surface area contributed by atoms with Crippen molar-refractivity contribution in [2.75, 3.05) is 11.9 Å². The SMILES string of the molecule is O=C(COc1cccc(C(F)(F)F)c1)Nc1ccccc1C(=O)O. The van der Waals surface area contributed by atoms with Crippen molar-refractivity contribution in [2.24, 2.45) is 0 Å². The minimum absolute atomic E-state index is 0.0719. The number of halogens is 3. The van der Waals surface area contributed by atoms with E-state index in [-0.39, 0.29) is 17.0 Å². The van der Waals surface area contributed by atoms with Crippen molar-refractivity contribution in [2.45, 2.75) is 6.18 Å². The van der Waals surface area contributed by atoms with Gasteiger partial charge >= 0.3 is 12.1 Å². The van der Waals surface area contributed by atoms with Crippen molar-refractivity contribution in [3.63, 3.8) is 0 Å². The van der Waals surface area contributed by atoms with Crippen LogP contribution in [0.3, 0.4) is 0 Å². The Morgan fingerprint density at radius 3 is 2.46 bits per heavy atom. The van der Waals surface area contributed by atoms with E-state index in [0.29, 0.717) is 0 Å². The van der Waals surface area contributed by atoms with E-state index < -0.39 is 30.2 Å². The third-order valence-electron chi connectivity index (χ3n) is 2.96. The second-order valence-corrected chi connectivity index (χ2v) is 4.71. The molecule has 0 aliphatic rings. The molecular formula is C16H12F3NO4. The van der Waals surface area contributed by atoms with Crippen LogP contribution in [0.5, 0.6) is 5.75 Å². The standard InChI is InChI=1S/C16H12F3NO4/c17-16(18,19)10-4-3-5-11(8-10)24-9-14(21)20-13-7-2-1-6-12(13)15(22)23/h1-8H,9H2,(H,20,21)(H,22,23). The number of benzene rings is 2. The zero-order valence-electron chi connectivity index (χ0n) is 12.1. The summed E-state index contributed by atoms with van der Waals surface area (Å²) in [5, 5.41) is 11.3. The van der Waals surface area contributed by atoms with E-state index in [1.807, 2.05) is 0 Å². The highest BCUT2D eigenvalue weighted by Crippen LogP contribution is 2.31. The monoisotopic (exact) mass is 339 g/mol. The number of para-hydroxylation sites is 1. The van der Waals surface area contributed by atoms with E-state index in [0.717, 1.165) is 18.2 Å². The topological polar surface area (TPSA) is 75.6 Å². The maximum absolute atomic E-state index is 12.6. The molecule has 8 heteroatoms. The van der Waals surface area contributed by atoms with Crippen LogP contribution in [0.2, 0.25) is 0 Å². The predicted octanol–water partition coefficient (Wildman–Crippen LogP) is 3.42. The first-order valence-corrected chi connectivity index (χ1v) is 6.69. The van der Waals surface area contributed by atoms with E-state index in [1.54, 1.807) is 0 Å². The Morgan fingerprint density at radius 1 is 1.08 bits per heavy atom. The number of nitrogens with one attached hydrogen (secondary N) is 1. The van der Waals surface area contributed by atoms with Crippen molar-refractivity contribution in [1.82, 2.24) is 0 Å². The minimum atomic E-state index is -4.51. The van der Waals surface area contributed by atoms with Crippen LogP contribution in [-0.2, 0) is 11.0 Å². The Bertz CT molecular complexity index is 759. The summed E-state index contributed by atoms with van der Waals surface area (Å²) >= 11 is 0. The van der Waals surface area contributed by atoms with Gasteiger partial charge in [0.15, 0.2) is 6.61 Å². The van der Waals surface area contributed by atoms with Gasteiger partial charge in [0.05, 0.1) is 16.8 Å². The highest BCUT2D eigenvalue weighted by Gasteiger charge is 2.30. The van der Waals surface area contributed by atoms with Gasteiger partial charge in [0, 0.05) is 0 Å². The van der Waals surface area contributed by atoms with Gasteiger partial charge in [-0.25, -0.2) is 4.79 Å². The molecule has 0 radical (unpaired) electrons. The average molecular weight is 339 g/mol. The van der Waals surface area contributed by atoms with Crippen LogP contribution >= 0.6 is 0 Å². The van der Waals surface area contributed by atoms with Crippen LogP contribution in [0.4, 0.5) is 18.9 Å². The van der Waals surface area contributed by atoms with Crippen LogP contribution in [0.1, 0.15) is 15.9 Å². The van der Waals surface area contributed by atoms with E-state index in [1.165, 1.54) is 30.3 Å². The summed E-state index contributed by atoms with van der Waals surface area (Å²) in [4.78, 5) is 22.8. The van der Waals surface area contributed by atoms with Gasteiger partial charge in [-0.05, 0) is 30.3 Å². The van der Waals surface area contributed by atoms with E-state index in [4.69, 9.17) is 9.84 Å². The summed E-state index contributed by atoms with van der Waals surface area (Å²) in [6.07, 6.45) is -4.51. The number of amides is 1. The first-order chi connectivity index (χ1) is 11.3. The molecule has 0 aliphatic heterocycles. The summed E-state index contributed by atoms with van der Waals surface area (Å²) in [6, 6.07) is 9.85. The fourth-order valence-corrected chi connectivity index (χ4v) is 1.88. The Kier molecular flexibility index (Phi) is 5.08. The molecule has 2 aromatic rings. The lowest BCUT2D eigenvalue weighted by molar-refractivity contribution is -0.137. The maximum Gasteiger partial charge on any atom is 0.416 e. The van der Waals surface area contributed by atoms with Crippen molar-refractivity contribution >= 4 is 17.6 Å². The van der Waals surface area contributed by atoms with Crippen LogP contribution in [-0.4, -0.2) is 23.6 Å². The zero-order chi connectivity index (χ0) is 17.7. The van der Waals surface area contributed by atoms with Crippen molar-refractivity contribution < 1.29 is 32.6 Å². The molecule has 0 spiro atoms. The van der Waals surface area contributed by atoms with Crippen LogP contribution < -0.4 is 10.1 Å². The fraction of sp³-hybridized carbons (Fsp3) is 0.125. The molecule has 2 rings (SSSR count). The number of alkyl halides is 3. The quantitative estimate of drug-likeness (QED) is 0.875. The summed E-state index contributed by atoms with van der Waals surface area (Å²) in [6.45, 7) is -0.560. The Labute approximate surface area is 134 Å². The Hall–Kier alpha value is -3.03. The molecule has 0 saturated heterocycles. The summed E-state index contributed by atoms with van der Waals surface area (Å²) in [5.41, 5.74) is -0.927. The number of hydrogen-bond donors (Lipinski definition) is 2. The molecule has 2 aromatic carbocycles. The summed E-state index contributed by atoms with van der Waals surface area (Å²) < 4.78 is 42.8. The molecule has 2 N–H and O–H groups in total. The molecule has 0 fully saturated rings. The molecule has 0 bridgehead atoms. The smallest absolute Gasteiger partial charge is 0.416 e. The molecule has 126 valence electrons. The first kappa shape index (κ1) is 17.3. The molecule has 5 nitrogen and oxygen atoms in total. The molecule has 0 unspecified atom stereocenters. The molecular weight excluding hydrogens is 327 g/mol. The second kappa shape index (κ2) is 7.03. The highest BCUT2D eigenvalue weighted by atomic mass is 19.4. The lowest BCUT2D eigenvalue weighted by atomic mass is 10.2. The molecule has 1 amide bonds. The molecule has 0 saturated carbocycles. The normalized spacial score (nSPS) is 11.0. The van der Waals surface area contributed by atoms with Crippen LogP contribution in [0.15, 0.2) is 48.5 Å². The minimum Gasteiger partial charge on any atom is -0.484 e. The number of carbonyl (C=O) groups is 2. The zero-order valence-corrected chi connectivity index (χ0v) is 12.1. The highest BCUT2D eigenvalue weighted by molar-refractivity contribution is 6.00. The number of rotatable bonds is 5. The Morgan fingerprint density at radius 2 is 1.79 bits per heavy atom. The van der Waals surface area contributed by atoms with Crippen LogP contribution in [0, 0.1) is 0 Å². The number of ether oxygens (including phenoxy) is 1. The predicted molar refractivity (Wildman–Crippen MR) is 79.0 cm³/mol. The third kappa shape index (κ3) is 4.48.